The molecule has 1 aliphatic rings. The highest BCUT2D eigenvalue weighted by Gasteiger charge is 2.46. The third-order valence-corrected chi connectivity index (χ3v) is 5.51. The van der Waals surface area contributed by atoms with Crippen LogP contribution in [0.15, 0.2) is 90.5 Å². The predicted molar refractivity (Wildman–Crippen MR) is 121 cm³/mol. The van der Waals surface area contributed by atoms with Crippen LogP contribution in [0.2, 0.25) is 0 Å². The zero-order valence-electron chi connectivity index (χ0n) is 17.5. The van der Waals surface area contributed by atoms with Gasteiger partial charge in [-0.05, 0) is 23.3 Å². The van der Waals surface area contributed by atoms with Crippen LogP contribution in [-0.4, -0.2) is 35.8 Å². The van der Waals surface area contributed by atoms with E-state index in [0.29, 0.717) is 5.56 Å². The number of carbonyl (C=O) groups is 2. The lowest BCUT2D eigenvalue weighted by Gasteiger charge is -2.26. The van der Waals surface area contributed by atoms with Crippen molar-refractivity contribution >= 4 is 23.1 Å². The fraction of sp³-hybridized carbons (Fsp3) is 0.154. The van der Waals surface area contributed by atoms with Crippen LogP contribution in [-0.2, 0) is 16.1 Å². The number of nitrogens with zero attached hydrogens (tertiary/aromatic N) is 2. The van der Waals surface area contributed by atoms with Crippen molar-refractivity contribution in [3.05, 3.63) is 107 Å². The fourth-order valence-electron chi connectivity index (χ4n) is 3.88. The highest BCUT2D eigenvalue weighted by molar-refractivity contribution is 6.46. The van der Waals surface area contributed by atoms with Gasteiger partial charge >= 0.3 is 0 Å². The van der Waals surface area contributed by atoms with Gasteiger partial charge in [0.05, 0.1) is 11.6 Å². The number of hydrogen-bond acceptors (Lipinski definition) is 4. The van der Waals surface area contributed by atoms with Gasteiger partial charge in [-0.15, -0.1) is 0 Å². The van der Waals surface area contributed by atoms with Gasteiger partial charge in [-0.2, -0.15) is 0 Å². The van der Waals surface area contributed by atoms with Gasteiger partial charge in [-0.3, -0.25) is 9.59 Å². The maximum atomic E-state index is 13.1. The number of likely N-dealkylation sites (tertiary alicyclic amines) is 1. The minimum absolute atomic E-state index is 0.115. The second-order valence-electron chi connectivity index (χ2n) is 7.76. The van der Waals surface area contributed by atoms with Crippen molar-refractivity contribution in [3.8, 4) is 0 Å². The molecule has 0 radical (unpaired) electrons. The van der Waals surface area contributed by atoms with Gasteiger partial charge in [-0.25, -0.2) is 0 Å². The van der Waals surface area contributed by atoms with E-state index >= 15 is 0 Å². The number of aliphatic hydroxyl groups is 1. The molecule has 156 valence electrons. The van der Waals surface area contributed by atoms with E-state index in [1.54, 1.807) is 24.3 Å². The fourth-order valence-corrected chi connectivity index (χ4v) is 3.88. The van der Waals surface area contributed by atoms with Crippen LogP contribution in [0, 0.1) is 0 Å². The van der Waals surface area contributed by atoms with Crippen molar-refractivity contribution in [3.63, 3.8) is 0 Å². The van der Waals surface area contributed by atoms with Crippen LogP contribution in [0.5, 0.6) is 0 Å². The Kier molecular flexibility index (Phi) is 5.58. The highest BCUT2D eigenvalue weighted by atomic mass is 16.3. The van der Waals surface area contributed by atoms with Crippen molar-refractivity contribution in [1.82, 2.24) is 4.90 Å². The molecule has 4 rings (SSSR count). The topological polar surface area (TPSA) is 60.9 Å². The van der Waals surface area contributed by atoms with E-state index in [-0.39, 0.29) is 17.9 Å². The second-order valence-corrected chi connectivity index (χ2v) is 7.76. The average molecular weight is 412 g/mol. The Bertz CT molecular complexity index is 1120. The van der Waals surface area contributed by atoms with Gasteiger partial charge in [0, 0.05) is 31.9 Å². The molecule has 1 saturated heterocycles. The average Bonchev–Trinajstić information content (AvgIpc) is 3.05. The van der Waals surface area contributed by atoms with Crippen LogP contribution in [0.1, 0.15) is 22.7 Å². The lowest BCUT2D eigenvalue weighted by atomic mass is 9.95. The summed E-state index contributed by atoms with van der Waals surface area (Å²) in [5.41, 5.74) is 3.32. The monoisotopic (exact) mass is 412 g/mol. The maximum absolute atomic E-state index is 13.1. The summed E-state index contributed by atoms with van der Waals surface area (Å²) in [5.74, 6) is -1.43. The number of aliphatic hydroxyl groups excluding tert-OH is 1. The largest absolute Gasteiger partial charge is 0.507 e. The van der Waals surface area contributed by atoms with Crippen molar-refractivity contribution < 1.29 is 14.7 Å². The number of anilines is 1. The standard InChI is InChI=1S/C26H24N2O3/c1-27(2)21-15-13-19(14-16-21)23-22(24(29)20-11-7-4-8-12-20)25(30)26(31)28(23)17-18-9-5-3-6-10-18/h3-16,23,29H,17H2,1-2H3/t23-/m1/s1. The van der Waals surface area contributed by atoms with Gasteiger partial charge in [-0.1, -0.05) is 72.8 Å². The van der Waals surface area contributed by atoms with Crippen LogP contribution in [0.3, 0.4) is 0 Å². The van der Waals surface area contributed by atoms with E-state index in [2.05, 4.69) is 0 Å². The first-order valence-electron chi connectivity index (χ1n) is 10.1. The molecule has 1 aliphatic heterocycles. The summed E-state index contributed by atoms with van der Waals surface area (Å²) in [6, 6.07) is 25.4. The Morgan fingerprint density at radius 3 is 2.03 bits per heavy atom. The summed E-state index contributed by atoms with van der Waals surface area (Å²) in [4.78, 5) is 29.6. The van der Waals surface area contributed by atoms with E-state index in [1.165, 1.54) is 4.90 Å². The summed E-state index contributed by atoms with van der Waals surface area (Å²) in [5, 5.41) is 11.0. The molecule has 1 amide bonds. The van der Waals surface area contributed by atoms with Crippen molar-refractivity contribution in [1.29, 1.82) is 0 Å². The molecular weight excluding hydrogens is 388 g/mol. The highest BCUT2D eigenvalue weighted by Crippen LogP contribution is 2.40. The van der Waals surface area contributed by atoms with Gasteiger partial charge in [0.1, 0.15) is 5.76 Å². The molecule has 1 heterocycles. The van der Waals surface area contributed by atoms with Gasteiger partial charge < -0.3 is 14.9 Å². The molecule has 31 heavy (non-hydrogen) atoms. The minimum atomic E-state index is -0.670. The Hall–Kier alpha value is -3.86. The molecule has 0 saturated carbocycles. The summed E-state index contributed by atoms with van der Waals surface area (Å²) >= 11 is 0. The van der Waals surface area contributed by atoms with Gasteiger partial charge in [0.15, 0.2) is 0 Å². The molecule has 0 aliphatic carbocycles. The number of carbonyl (C=O) groups excluding carboxylic acids is 2. The number of rotatable bonds is 5. The minimum Gasteiger partial charge on any atom is -0.507 e. The van der Waals surface area contributed by atoms with E-state index in [0.717, 1.165) is 16.8 Å². The number of ketones is 1. The molecule has 1 N–H and O–H groups in total. The summed E-state index contributed by atoms with van der Waals surface area (Å²) in [7, 11) is 3.90. The lowest BCUT2D eigenvalue weighted by molar-refractivity contribution is -0.140. The molecule has 0 aromatic heterocycles. The Balaban J connectivity index is 1.84. The molecule has 1 fully saturated rings. The van der Waals surface area contributed by atoms with E-state index in [4.69, 9.17) is 0 Å². The molecule has 3 aromatic carbocycles. The first kappa shape index (κ1) is 20.4. The third-order valence-electron chi connectivity index (χ3n) is 5.51. The molecular formula is C26H24N2O3. The Morgan fingerprint density at radius 1 is 0.871 bits per heavy atom. The van der Waals surface area contributed by atoms with E-state index in [1.807, 2.05) is 79.7 Å². The van der Waals surface area contributed by atoms with Gasteiger partial charge in [0.25, 0.3) is 11.7 Å². The molecule has 0 bridgehead atoms. The number of Topliss-reactive ketones (excluding diaryl/α,β-unsaturated/α-hetero) is 1. The van der Waals surface area contributed by atoms with Gasteiger partial charge in [0.2, 0.25) is 0 Å². The Labute approximate surface area is 181 Å². The number of hydrogen-bond donors (Lipinski definition) is 1. The zero-order valence-corrected chi connectivity index (χ0v) is 17.5. The molecule has 5 nitrogen and oxygen atoms in total. The van der Waals surface area contributed by atoms with E-state index in [9.17, 15) is 14.7 Å². The Morgan fingerprint density at radius 2 is 1.45 bits per heavy atom. The second kappa shape index (κ2) is 8.48. The third kappa shape index (κ3) is 3.94. The van der Waals surface area contributed by atoms with Crippen LogP contribution in [0.25, 0.3) is 5.76 Å². The SMILES string of the molecule is CN(C)c1ccc([C@@H]2C(=C(O)c3ccccc3)C(=O)C(=O)N2Cc2ccccc2)cc1. The molecule has 0 spiro atoms. The summed E-state index contributed by atoms with van der Waals surface area (Å²) < 4.78 is 0. The van der Waals surface area contributed by atoms with E-state index < -0.39 is 17.7 Å². The van der Waals surface area contributed by atoms with Crippen LogP contribution in [0.4, 0.5) is 5.69 Å². The van der Waals surface area contributed by atoms with Crippen LogP contribution >= 0.6 is 0 Å². The maximum Gasteiger partial charge on any atom is 0.295 e. The lowest BCUT2D eigenvalue weighted by Crippen LogP contribution is -2.29. The molecule has 1 atom stereocenters. The first-order valence-corrected chi connectivity index (χ1v) is 10.1. The first-order chi connectivity index (χ1) is 15.0. The summed E-state index contributed by atoms with van der Waals surface area (Å²) in [6.07, 6.45) is 0. The molecule has 5 heteroatoms. The predicted octanol–water partition coefficient (Wildman–Crippen LogP) is 4.37. The quantitative estimate of drug-likeness (QED) is 0.384. The summed E-state index contributed by atoms with van der Waals surface area (Å²) in [6.45, 7) is 0.275. The normalized spacial score (nSPS) is 17.7. The number of benzene rings is 3. The van der Waals surface area contributed by atoms with Crippen molar-refractivity contribution in [2.24, 2.45) is 0 Å². The van der Waals surface area contributed by atoms with Crippen molar-refractivity contribution in [2.45, 2.75) is 12.6 Å². The molecule has 3 aromatic rings. The van der Waals surface area contributed by atoms with Crippen LogP contribution < -0.4 is 4.90 Å². The van der Waals surface area contributed by atoms with Crippen molar-refractivity contribution in [2.75, 3.05) is 19.0 Å². The molecule has 0 unspecified atom stereocenters. The number of amides is 1. The zero-order chi connectivity index (χ0) is 22.0. The smallest absolute Gasteiger partial charge is 0.295 e.